The average molecular weight is 208 g/mol. The van der Waals surface area contributed by atoms with Gasteiger partial charge in [0, 0.05) is 6.21 Å². The van der Waals surface area contributed by atoms with Gasteiger partial charge in [-0.2, -0.15) is 0 Å². The molecule has 72 valence electrons. The van der Waals surface area contributed by atoms with Crippen LogP contribution in [0.25, 0.3) is 0 Å². The van der Waals surface area contributed by atoms with Gasteiger partial charge in [-0.05, 0) is 33.5 Å². The Kier molecular flexibility index (Phi) is 7.85. The van der Waals surface area contributed by atoms with Crippen LogP contribution < -0.4 is 0 Å². The maximum Gasteiger partial charge on any atom is 0.213 e. The molecule has 0 aliphatic heterocycles. The fourth-order valence-electron chi connectivity index (χ4n) is 0.649. The van der Waals surface area contributed by atoms with Crippen LogP contribution in [0.5, 0.6) is 0 Å². The van der Waals surface area contributed by atoms with E-state index in [1.165, 1.54) is 0 Å². The minimum Gasteiger partial charge on any atom is -0.371 e. The fraction of sp³-hybridized carbons (Fsp3) is 0.857. The molecule has 0 saturated carbocycles. The van der Waals surface area contributed by atoms with Gasteiger partial charge in [-0.15, -0.1) is 25.3 Å². The van der Waals surface area contributed by atoms with Gasteiger partial charge in [-0.25, -0.2) is 0 Å². The normalized spacial score (nSPS) is 11.8. The minimum absolute atomic E-state index is 0.421. The summed E-state index contributed by atoms with van der Waals surface area (Å²) in [5.74, 6) is 0. The van der Waals surface area contributed by atoms with E-state index >= 15 is 0 Å². The van der Waals surface area contributed by atoms with E-state index in [4.69, 9.17) is 4.84 Å². The van der Waals surface area contributed by atoms with Crippen molar-refractivity contribution in [2.24, 2.45) is 5.16 Å². The van der Waals surface area contributed by atoms with Crippen molar-refractivity contribution in [1.82, 2.24) is 4.90 Å². The second-order valence-electron chi connectivity index (χ2n) is 2.67. The second kappa shape index (κ2) is 7.76. The summed E-state index contributed by atoms with van der Waals surface area (Å²) in [6.45, 7) is 1.07. The van der Waals surface area contributed by atoms with Crippen LogP contribution in [-0.2, 0) is 4.84 Å². The molecule has 0 amide bonds. The zero-order chi connectivity index (χ0) is 9.40. The summed E-state index contributed by atoms with van der Waals surface area (Å²) in [5.41, 5.74) is 0. The number of oxime groups is 1. The Balaban J connectivity index is 3.13. The van der Waals surface area contributed by atoms with Crippen molar-refractivity contribution < 1.29 is 4.84 Å². The number of unbranched alkanes of at least 4 members (excludes halogenated alkanes) is 1. The Morgan fingerprint density at radius 2 is 2.17 bits per heavy atom. The Morgan fingerprint density at radius 3 is 2.67 bits per heavy atom. The molecular formula is C7H16N2OS2. The van der Waals surface area contributed by atoms with Crippen molar-refractivity contribution in [3.8, 4) is 0 Å². The summed E-state index contributed by atoms with van der Waals surface area (Å²) in [6, 6.07) is 0. The van der Waals surface area contributed by atoms with Crippen molar-refractivity contribution in [1.29, 1.82) is 0 Å². The zero-order valence-corrected chi connectivity index (χ0v) is 9.26. The molecule has 0 aromatic heterocycles. The highest BCUT2D eigenvalue weighted by Crippen LogP contribution is 2.01. The van der Waals surface area contributed by atoms with Crippen molar-refractivity contribution in [3.63, 3.8) is 0 Å². The van der Waals surface area contributed by atoms with E-state index in [2.05, 4.69) is 35.3 Å². The lowest BCUT2D eigenvalue weighted by Crippen LogP contribution is -2.12. The van der Waals surface area contributed by atoms with E-state index in [9.17, 15) is 0 Å². The summed E-state index contributed by atoms with van der Waals surface area (Å²) in [5, 5.41) is 3.67. The summed E-state index contributed by atoms with van der Waals surface area (Å²) in [4.78, 5) is 6.87. The topological polar surface area (TPSA) is 24.8 Å². The van der Waals surface area contributed by atoms with Crippen LogP contribution in [-0.4, -0.2) is 36.5 Å². The number of hydrogen-bond donors (Lipinski definition) is 2. The third-order valence-electron chi connectivity index (χ3n) is 1.17. The first-order valence-corrected chi connectivity index (χ1v) is 4.84. The van der Waals surface area contributed by atoms with Crippen LogP contribution in [0.4, 0.5) is 0 Å². The Morgan fingerprint density at radius 1 is 1.50 bits per heavy atom. The number of rotatable bonds is 6. The van der Waals surface area contributed by atoms with Crippen molar-refractivity contribution >= 4 is 31.5 Å². The molecule has 0 aliphatic carbocycles. The molecule has 0 atom stereocenters. The Labute approximate surface area is 85.0 Å². The second-order valence-corrected chi connectivity index (χ2v) is 4.01. The fourth-order valence-corrected chi connectivity index (χ4v) is 0.758. The molecular weight excluding hydrogens is 192 g/mol. The van der Waals surface area contributed by atoms with E-state index in [0.29, 0.717) is 0 Å². The lowest BCUT2D eigenvalue weighted by molar-refractivity contribution is 0.178. The van der Waals surface area contributed by atoms with E-state index in [0.717, 1.165) is 19.4 Å². The standard InChI is InChI=1S/C7H16N2OS2/c1-9(2)6-4-3-5-8-10-7(11)12/h5,7,11-12H,3-4,6H2,1-2H3/b8-5-. The third-order valence-corrected chi connectivity index (χ3v) is 1.36. The smallest absolute Gasteiger partial charge is 0.213 e. The van der Waals surface area contributed by atoms with Crippen LogP contribution >= 0.6 is 25.3 Å². The van der Waals surface area contributed by atoms with Gasteiger partial charge in [0.1, 0.15) is 0 Å². The molecule has 0 N–H and O–H groups in total. The van der Waals surface area contributed by atoms with E-state index in [-0.39, 0.29) is 0 Å². The van der Waals surface area contributed by atoms with E-state index in [1.807, 2.05) is 14.1 Å². The van der Waals surface area contributed by atoms with Gasteiger partial charge in [0.15, 0.2) is 0 Å². The van der Waals surface area contributed by atoms with Crippen LogP contribution in [0.1, 0.15) is 12.8 Å². The molecule has 0 bridgehead atoms. The molecule has 5 heteroatoms. The largest absolute Gasteiger partial charge is 0.371 e. The molecule has 0 unspecified atom stereocenters. The van der Waals surface area contributed by atoms with Crippen LogP contribution in [0.3, 0.4) is 0 Å². The van der Waals surface area contributed by atoms with E-state index < -0.39 is 4.77 Å². The van der Waals surface area contributed by atoms with Crippen LogP contribution in [0.15, 0.2) is 5.16 Å². The van der Waals surface area contributed by atoms with Crippen LogP contribution in [0.2, 0.25) is 0 Å². The first kappa shape index (κ1) is 12.1. The van der Waals surface area contributed by atoms with Gasteiger partial charge in [0.25, 0.3) is 0 Å². The number of hydrogen-bond acceptors (Lipinski definition) is 5. The summed E-state index contributed by atoms with van der Waals surface area (Å²) >= 11 is 7.75. The first-order chi connectivity index (χ1) is 5.63. The molecule has 0 heterocycles. The Bertz CT molecular complexity index is 129. The molecule has 0 rings (SSSR count). The molecule has 0 saturated heterocycles. The monoisotopic (exact) mass is 208 g/mol. The maximum absolute atomic E-state index is 4.73. The minimum atomic E-state index is -0.421. The van der Waals surface area contributed by atoms with Crippen LogP contribution in [0, 0.1) is 0 Å². The predicted molar refractivity (Wildman–Crippen MR) is 59.1 cm³/mol. The van der Waals surface area contributed by atoms with Crippen molar-refractivity contribution in [2.75, 3.05) is 20.6 Å². The third kappa shape index (κ3) is 10.1. The zero-order valence-electron chi connectivity index (χ0n) is 7.47. The highest BCUT2D eigenvalue weighted by Gasteiger charge is 1.90. The molecule has 0 aromatic rings. The predicted octanol–water partition coefficient (Wildman–Crippen LogP) is 1.47. The van der Waals surface area contributed by atoms with Gasteiger partial charge >= 0.3 is 0 Å². The highest BCUT2D eigenvalue weighted by atomic mass is 32.2. The maximum atomic E-state index is 4.73. The molecule has 3 nitrogen and oxygen atoms in total. The van der Waals surface area contributed by atoms with Crippen molar-refractivity contribution in [2.45, 2.75) is 17.6 Å². The summed E-state index contributed by atoms with van der Waals surface area (Å²) < 4.78 is -0.421. The number of thiol groups is 2. The average Bonchev–Trinajstić information content (AvgIpc) is 1.95. The molecule has 0 aliphatic rings. The van der Waals surface area contributed by atoms with Crippen molar-refractivity contribution in [3.05, 3.63) is 0 Å². The first-order valence-electron chi connectivity index (χ1n) is 3.81. The Hall–Kier alpha value is 0.130. The lowest BCUT2D eigenvalue weighted by Gasteiger charge is -2.06. The van der Waals surface area contributed by atoms with Gasteiger partial charge in [0.2, 0.25) is 4.77 Å². The quantitative estimate of drug-likeness (QED) is 0.227. The number of nitrogens with zero attached hydrogens (tertiary/aromatic N) is 2. The SMILES string of the molecule is CN(C)CCC/C=N\OC(S)S. The molecule has 0 aromatic carbocycles. The summed E-state index contributed by atoms with van der Waals surface area (Å²) in [6.07, 6.45) is 3.75. The van der Waals surface area contributed by atoms with E-state index in [1.54, 1.807) is 6.21 Å². The lowest BCUT2D eigenvalue weighted by atomic mass is 10.3. The molecule has 0 fully saturated rings. The molecule has 0 radical (unpaired) electrons. The van der Waals surface area contributed by atoms with Gasteiger partial charge in [-0.3, -0.25) is 0 Å². The summed E-state index contributed by atoms with van der Waals surface area (Å²) in [7, 11) is 4.09. The van der Waals surface area contributed by atoms with Gasteiger partial charge in [-0.1, -0.05) is 5.16 Å². The highest BCUT2D eigenvalue weighted by molar-refractivity contribution is 7.98. The molecule has 12 heavy (non-hydrogen) atoms. The van der Waals surface area contributed by atoms with Gasteiger partial charge < -0.3 is 9.74 Å². The molecule has 0 spiro atoms. The van der Waals surface area contributed by atoms with Gasteiger partial charge in [0.05, 0.1) is 0 Å².